The van der Waals surface area contributed by atoms with Crippen LogP contribution < -0.4 is 14.4 Å². The molecule has 0 bridgehead atoms. The van der Waals surface area contributed by atoms with E-state index in [2.05, 4.69) is 95.5 Å². The van der Waals surface area contributed by atoms with Crippen molar-refractivity contribution in [1.29, 1.82) is 0 Å². The molecule has 0 radical (unpaired) electrons. The molecule has 0 unspecified atom stereocenters. The van der Waals surface area contributed by atoms with Crippen LogP contribution in [0.3, 0.4) is 0 Å². The van der Waals surface area contributed by atoms with Crippen LogP contribution in [0.1, 0.15) is 101 Å². The normalized spacial score (nSPS) is 14.1. The van der Waals surface area contributed by atoms with Gasteiger partial charge in [-0.1, -0.05) is 77.6 Å². The average Bonchev–Trinajstić information content (AvgIpc) is 3.26. The monoisotopic (exact) mass is 450 g/mol. The molecular formula is C29H42N2O2. The van der Waals surface area contributed by atoms with Gasteiger partial charge in [0, 0.05) is 11.4 Å². The second kappa shape index (κ2) is 10.2. The molecule has 0 aromatic heterocycles. The first-order valence-electron chi connectivity index (χ1n) is 12.3. The zero-order valence-electron chi connectivity index (χ0n) is 22.2. The van der Waals surface area contributed by atoms with E-state index < -0.39 is 0 Å². The summed E-state index contributed by atoms with van der Waals surface area (Å²) in [6.45, 7) is 19.9. The Labute approximate surface area is 201 Å². The SMILES string of the molecule is COc1cc(C(C)C)c(N2[C-]=[N+](c3c(C(C)C)cc(OC)cc3C(C)C)CC2)c(C(C)C)c1. The van der Waals surface area contributed by atoms with Gasteiger partial charge in [-0.05, 0) is 47.9 Å². The summed E-state index contributed by atoms with van der Waals surface area (Å²) in [5, 5.41) is 0. The zero-order chi connectivity index (χ0) is 24.4. The van der Waals surface area contributed by atoms with Gasteiger partial charge >= 0.3 is 0 Å². The van der Waals surface area contributed by atoms with Gasteiger partial charge in [0.15, 0.2) is 0 Å². The number of nitrogens with zero attached hydrogens (tertiary/aromatic N) is 2. The summed E-state index contributed by atoms with van der Waals surface area (Å²) < 4.78 is 13.6. The topological polar surface area (TPSA) is 24.7 Å². The molecule has 0 spiro atoms. The Hall–Kier alpha value is -2.49. The predicted molar refractivity (Wildman–Crippen MR) is 139 cm³/mol. The van der Waals surface area contributed by atoms with Crippen LogP contribution in [0.4, 0.5) is 11.4 Å². The number of benzene rings is 2. The van der Waals surface area contributed by atoms with Gasteiger partial charge in [-0.15, -0.1) is 0 Å². The lowest BCUT2D eigenvalue weighted by Crippen LogP contribution is -2.22. The standard InChI is InChI=1S/C29H42N2O2/c1-18(2)24-13-22(32-9)14-25(19(3)4)28(24)30-11-12-31(17-30)29-26(20(5)6)15-23(33-10)16-27(29)21(7)8/h13-16,18-21H,11-12H2,1-10H3. The molecule has 2 aromatic carbocycles. The molecule has 3 rings (SSSR count). The van der Waals surface area contributed by atoms with Crippen molar-refractivity contribution in [2.45, 2.75) is 79.1 Å². The highest BCUT2D eigenvalue weighted by molar-refractivity contribution is 5.83. The van der Waals surface area contributed by atoms with Gasteiger partial charge < -0.3 is 18.9 Å². The molecule has 0 fully saturated rings. The predicted octanol–water partition coefficient (Wildman–Crippen LogP) is 7.27. The molecule has 1 aliphatic heterocycles. The van der Waals surface area contributed by atoms with E-state index in [9.17, 15) is 0 Å². The van der Waals surface area contributed by atoms with E-state index in [0.29, 0.717) is 23.7 Å². The van der Waals surface area contributed by atoms with Crippen LogP contribution in [-0.4, -0.2) is 38.2 Å². The Morgan fingerprint density at radius 2 is 1.09 bits per heavy atom. The molecule has 0 saturated heterocycles. The first-order valence-corrected chi connectivity index (χ1v) is 12.3. The van der Waals surface area contributed by atoms with E-state index in [4.69, 9.17) is 9.47 Å². The third kappa shape index (κ3) is 5.05. The van der Waals surface area contributed by atoms with Crippen LogP contribution in [0.15, 0.2) is 24.3 Å². The number of anilines is 1. The Morgan fingerprint density at radius 3 is 1.45 bits per heavy atom. The lowest BCUT2D eigenvalue weighted by molar-refractivity contribution is -0.425. The third-order valence-corrected chi connectivity index (χ3v) is 6.57. The summed E-state index contributed by atoms with van der Waals surface area (Å²) in [5.74, 6) is 3.43. The quantitative estimate of drug-likeness (QED) is 0.312. The minimum absolute atomic E-state index is 0.391. The molecule has 180 valence electrons. The molecule has 2 aromatic rings. The first kappa shape index (κ1) is 25.1. The van der Waals surface area contributed by atoms with E-state index in [0.717, 1.165) is 24.6 Å². The fraction of sp³-hybridized carbons (Fsp3) is 0.552. The summed E-state index contributed by atoms with van der Waals surface area (Å²) >= 11 is 0. The number of ether oxygens (including phenoxy) is 2. The van der Waals surface area contributed by atoms with Crippen molar-refractivity contribution < 1.29 is 14.0 Å². The highest BCUT2D eigenvalue weighted by atomic mass is 16.5. The van der Waals surface area contributed by atoms with Crippen LogP contribution >= 0.6 is 0 Å². The number of methoxy groups -OCH3 is 2. The van der Waals surface area contributed by atoms with Gasteiger partial charge in [0.25, 0.3) is 0 Å². The first-order chi connectivity index (χ1) is 15.6. The van der Waals surface area contributed by atoms with Crippen LogP contribution in [0.2, 0.25) is 0 Å². The summed E-state index contributed by atoms with van der Waals surface area (Å²) in [6, 6.07) is 8.79. The molecule has 0 atom stereocenters. The molecule has 0 saturated carbocycles. The maximum absolute atomic E-state index is 5.65. The van der Waals surface area contributed by atoms with E-state index >= 15 is 0 Å². The lowest BCUT2D eigenvalue weighted by Gasteiger charge is -2.27. The Kier molecular flexibility index (Phi) is 7.76. The fourth-order valence-electron chi connectivity index (χ4n) is 4.69. The second-order valence-corrected chi connectivity index (χ2v) is 10.3. The molecule has 33 heavy (non-hydrogen) atoms. The van der Waals surface area contributed by atoms with Crippen molar-refractivity contribution in [3.8, 4) is 11.5 Å². The maximum atomic E-state index is 5.65. The smallest absolute Gasteiger partial charge is 0.206 e. The van der Waals surface area contributed by atoms with Gasteiger partial charge in [-0.25, -0.2) is 0 Å². The summed E-state index contributed by atoms with van der Waals surface area (Å²) in [4.78, 5) is 2.34. The average molecular weight is 451 g/mol. The Balaban J connectivity index is 2.21. The second-order valence-electron chi connectivity index (χ2n) is 10.3. The zero-order valence-corrected chi connectivity index (χ0v) is 22.2. The van der Waals surface area contributed by atoms with Crippen molar-refractivity contribution in [2.75, 3.05) is 32.2 Å². The van der Waals surface area contributed by atoms with E-state index in [1.165, 1.54) is 33.6 Å². The molecule has 0 N–H and O–H groups in total. The molecule has 1 heterocycles. The highest BCUT2D eigenvalue weighted by Crippen LogP contribution is 2.41. The van der Waals surface area contributed by atoms with Gasteiger partial charge in [0.2, 0.25) is 6.34 Å². The van der Waals surface area contributed by atoms with Crippen molar-refractivity contribution in [3.05, 3.63) is 46.5 Å². The van der Waals surface area contributed by atoms with Gasteiger partial charge in [-0.3, -0.25) is 0 Å². The Morgan fingerprint density at radius 1 is 0.697 bits per heavy atom. The fourth-order valence-corrected chi connectivity index (χ4v) is 4.69. The summed E-state index contributed by atoms with van der Waals surface area (Å²) in [5.41, 5.74) is 7.83. The van der Waals surface area contributed by atoms with E-state index in [1.807, 2.05) is 0 Å². The molecule has 1 aliphatic rings. The number of rotatable bonds is 8. The van der Waals surface area contributed by atoms with Crippen molar-refractivity contribution in [1.82, 2.24) is 0 Å². The van der Waals surface area contributed by atoms with Gasteiger partial charge in [0.05, 0.1) is 14.2 Å². The van der Waals surface area contributed by atoms with Crippen LogP contribution in [0.25, 0.3) is 0 Å². The van der Waals surface area contributed by atoms with E-state index in [-0.39, 0.29) is 0 Å². The summed E-state index contributed by atoms with van der Waals surface area (Å²) in [7, 11) is 3.51. The van der Waals surface area contributed by atoms with Crippen LogP contribution in [-0.2, 0) is 0 Å². The number of hydrogen-bond donors (Lipinski definition) is 0. The number of hydrogen-bond acceptors (Lipinski definition) is 3. The van der Waals surface area contributed by atoms with Crippen molar-refractivity contribution in [2.24, 2.45) is 0 Å². The largest absolute Gasteiger partial charge is 0.497 e. The van der Waals surface area contributed by atoms with Gasteiger partial charge in [0.1, 0.15) is 24.6 Å². The van der Waals surface area contributed by atoms with Crippen molar-refractivity contribution in [3.63, 3.8) is 0 Å². The van der Waals surface area contributed by atoms with Crippen LogP contribution in [0.5, 0.6) is 11.5 Å². The lowest BCUT2D eigenvalue weighted by atomic mass is 9.91. The van der Waals surface area contributed by atoms with Gasteiger partial charge in [-0.2, -0.15) is 0 Å². The minimum Gasteiger partial charge on any atom is -0.497 e. The van der Waals surface area contributed by atoms with Crippen LogP contribution in [0, 0.1) is 0 Å². The van der Waals surface area contributed by atoms with E-state index in [1.54, 1.807) is 14.2 Å². The Bertz CT molecular complexity index is 960. The maximum Gasteiger partial charge on any atom is 0.206 e. The molecule has 0 amide bonds. The molecular weight excluding hydrogens is 408 g/mol. The van der Waals surface area contributed by atoms with Crippen molar-refractivity contribution >= 4 is 17.7 Å². The molecule has 4 nitrogen and oxygen atoms in total. The minimum atomic E-state index is 0.391. The highest BCUT2D eigenvalue weighted by Gasteiger charge is 2.26. The summed E-state index contributed by atoms with van der Waals surface area (Å²) in [6.07, 6.45) is 3.76. The molecule has 0 aliphatic carbocycles. The third-order valence-electron chi connectivity index (χ3n) is 6.57. The molecule has 4 heteroatoms.